The highest BCUT2D eigenvalue weighted by molar-refractivity contribution is 5.81. The van der Waals surface area contributed by atoms with E-state index in [0.29, 0.717) is 0 Å². The normalized spacial score (nSPS) is 11.1. The highest BCUT2D eigenvalue weighted by atomic mass is 15.1. The van der Waals surface area contributed by atoms with Gasteiger partial charge in [0.1, 0.15) is 11.3 Å². The van der Waals surface area contributed by atoms with Crippen molar-refractivity contribution >= 4 is 5.65 Å². The molecule has 3 aromatic heterocycles. The molecule has 5 rings (SSSR count). The van der Waals surface area contributed by atoms with Crippen LogP contribution in [-0.2, 0) is 0 Å². The van der Waals surface area contributed by atoms with E-state index in [-0.39, 0.29) is 0 Å². The Morgan fingerprint density at radius 3 is 2.15 bits per heavy atom. The molecular formula is C23H18N4. The van der Waals surface area contributed by atoms with Gasteiger partial charge in [0.2, 0.25) is 0 Å². The Morgan fingerprint density at radius 2 is 1.41 bits per heavy atom. The van der Waals surface area contributed by atoms with Gasteiger partial charge in [0.25, 0.3) is 0 Å². The molecule has 3 heterocycles. The van der Waals surface area contributed by atoms with Crippen molar-refractivity contribution in [3.05, 3.63) is 90.8 Å². The van der Waals surface area contributed by atoms with Gasteiger partial charge in [-0.05, 0) is 19.1 Å². The maximum atomic E-state index is 4.99. The third-order valence-corrected chi connectivity index (χ3v) is 4.74. The van der Waals surface area contributed by atoms with Crippen LogP contribution >= 0.6 is 0 Å². The average Bonchev–Trinajstić information content (AvgIpc) is 3.29. The lowest BCUT2D eigenvalue weighted by atomic mass is 10.1. The lowest BCUT2D eigenvalue weighted by Crippen LogP contribution is -1.90. The molecule has 5 aromatic rings. The molecule has 0 bridgehead atoms. The molecule has 0 unspecified atom stereocenters. The monoisotopic (exact) mass is 350 g/mol. The van der Waals surface area contributed by atoms with Gasteiger partial charge < -0.3 is 4.98 Å². The van der Waals surface area contributed by atoms with Crippen LogP contribution in [0.2, 0.25) is 0 Å². The molecule has 0 saturated carbocycles. The topological polar surface area (TPSA) is 46.0 Å². The first-order valence-electron chi connectivity index (χ1n) is 8.96. The molecule has 0 saturated heterocycles. The Kier molecular flexibility index (Phi) is 3.61. The van der Waals surface area contributed by atoms with Crippen molar-refractivity contribution in [2.75, 3.05) is 0 Å². The largest absolute Gasteiger partial charge is 0.336 e. The Labute approximate surface area is 157 Å². The second-order valence-electron chi connectivity index (χ2n) is 6.52. The molecular weight excluding hydrogens is 332 g/mol. The van der Waals surface area contributed by atoms with E-state index in [2.05, 4.69) is 38.6 Å². The fourth-order valence-electron chi connectivity index (χ4n) is 3.50. The summed E-state index contributed by atoms with van der Waals surface area (Å²) in [6.45, 7) is 2.02. The van der Waals surface area contributed by atoms with Gasteiger partial charge in [0, 0.05) is 17.3 Å². The SMILES string of the molecule is Cc1nc2ccccn2c1-c1nc(-c2ccccc2)c(-c2ccccc2)[nH]1. The number of pyridine rings is 1. The van der Waals surface area contributed by atoms with Gasteiger partial charge in [-0.3, -0.25) is 4.40 Å². The van der Waals surface area contributed by atoms with Gasteiger partial charge in [-0.25, -0.2) is 9.97 Å². The molecule has 0 aliphatic rings. The van der Waals surface area contributed by atoms with Gasteiger partial charge in [-0.2, -0.15) is 0 Å². The summed E-state index contributed by atoms with van der Waals surface area (Å²) in [5.74, 6) is 0.823. The summed E-state index contributed by atoms with van der Waals surface area (Å²) in [4.78, 5) is 13.2. The van der Waals surface area contributed by atoms with Crippen LogP contribution in [0.4, 0.5) is 0 Å². The van der Waals surface area contributed by atoms with Crippen LogP contribution in [0.15, 0.2) is 85.1 Å². The van der Waals surface area contributed by atoms with E-state index in [1.54, 1.807) is 0 Å². The third-order valence-electron chi connectivity index (χ3n) is 4.74. The molecule has 4 heteroatoms. The Balaban J connectivity index is 1.78. The number of nitrogens with one attached hydrogen (secondary N) is 1. The summed E-state index contributed by atoms with van der Waals surface area (Å²) in [5.41, 5.74) is 7.03. The minimum Gasteiger partial charge on any atom is -0.336 e. The number of hydrogen-bond acceptors (Lipinski definition) is 2. The number of rotatable bonds is 3. The average molecular weight is 350 g/mol. The first kappa shape index (κ1) is 15.6. The fraction of sp³-hybridized carbons (Fsp3) is 0.0435. The standard InChI is InChI=1S/C23H18N4/c1-16-22(27-15-9-8-14-19(27)24-16)23-25-20(17-10-4-2-5-11-17)21(26-23)18-12-6-3-7-13-18/h2-15H,1H3,(H,25,26). The summed E-state index contributed by atoms with van der Waals surface area (Å²) in [5, 5.41) is 0. The van der Waals surface area contributed by atoms with Gasteiger partial charge in [-0.1, -0.05) is 66.7 Å². The third kappa shape index (κ3) is 2.62. The number of fused-ring (bicyclic) bond motifs is 1. The van der Waals surface area contributed by atoms with Gasteiger partial charge in [0.05, 0.1) is 17.1 Å². The number of H-pyrrole nitrogens is 1. The van der Waals surface area contributed by atoms with Crippen molar-refractivity contribution in [3.63, 3.8) is 0 Å². The maximum Gasteiger partial charge on any atom is 0.157 e. The predicted octanol–water partition coefficient (Wildman–Crippen LogP) is 5.37. The number of aromatic amines is 1. The quantitative estimate of drug-likeness (QED) is 0.476. The van der Waals surface area contributed by atoms with E-state index in [9.17, 15) is 0 Å². The molecule has 0 aliphatic carbocycles. The van der Waals surface area contributed by atoms with E-state index >= 15 is 0 Å². The minimum absolute atomic E-state index is 0.823. The molecule has 130 valence electrons. The number of nitrogens with zero attached hydrogens (tertiary/aromatic N) is 3. The summed E-state index contributed by atoms with van der Waals surface area (Å²) < 4.78 is 2.08. The smallest absolute Gasteiger partial charge is 0.157 e. The lowest BCUT2D eigenvalue weighted by molar-refractivity contribution is 1.15. The van der Waals surface area contributed by atoms with Crippen molar-refractivity contribution in [2.24, 2.45) is 0 Å². The molecule has 27 heavy (non-hydrogen) atoms. The second-order valence-corrected chi connectivity index (χ2v) is 6.52. The predicted molar refractivity (Wildman–Crippen MR) is 108 cm³/mol. The Bertz CT molecular complexity index is 1160. The van der Waals surface area contributed by atoms with E-state index in [0.717, 1.165) is 45.4 Å². The number of hydrogen-bond donors (Lipinski definition) is 1. The first-order chi connectivity index (χ1) is 13.3. The van der Waals surface area contributed by atoms with E-state index in [1.165, 1.54) is 0 Å². The van der Waals surface area contributed by atoms with E-state index < -0.39 is 0 Å². The van der Waals surface area contributed by atoms with Gasteiger partial charge in [0.15, 0.2) is 5.82 Å². The zero-order valence-electron chi connectivity index (χ0n) is 14.9. The van der Waals surface area contributed by atoms with Crippen molar-refractivity contribution in [3.8, 4) is 34.0 Å². The summed E-state index contributed by atoms with van der Waals surface area (Å²) >= 11 is 0. The van der Waals surface area contributed by atoms with Crippen LogP contribution in [0.5, 0.6) is 0 Å². The molecule has 0 spiro atoms. The van der Waals surface area contributed by atoms with Crippen LogP contribution in [-0.4, -0.2) is 19.4 Å². The zero-order chi connectivity index (χ0) is 18.2. The number of benzene rings is 2. The molecule has 0 aliphatic heterocycles. The molecule has 0 radical (unpaired) electrons. The second kappa shape index (κ2) is 6.25. The van der Waals surface area contributed by atoms with Crippen molar-refractivity contribution in [1.29, 1.82) is 0 Å². The van der Waals surface area contributed by atoms with Crippen LogP contribution < -0.4 is 0 Å². The molecule has 0 fully saturated rings. The minimum atomic E-state index is 0.823. The lowest BCUT2D eigenvalue weighted by Gasteiger charge is -2.02. The summed E-state index contributed by atoms with van der Waals surface area (Å²) in [6, 6.07) is 26.6. The molecule has 1 N–H and O–H groups in total. The summed E-state index contributed by atoms with van der Waals surface area (Å²) in [6.07, 6.45) is 2.03. The zero-order valence-corrected chi connectivity index (χ0v) is 14.9. The Morgan fingerprint density at radius 1 is 0.741 bits per heavy atom. The highest BCUT2D eigenvalue weighted by Gasteiger charge is 2.19. The van der Waals surface area contributed by atoms with E-state index in [1.807, 2.05) is 67.7 Å². The van der Waals surface area contributed by atoms with Gasteiger partial charge in [-0.15, -0.1) is 0 Å². The highest BCUT2D eigenvalue weighted by Crippen LogP contribution is 2.33. The van der Waals surface area contributed by atoms with Crippen molar-refractivity contribution < 1.29 is 0 Å². The number of aromatic nitrogens is 4. The van der Waals surface area contributed by atoms with Crippen molar-refractivity contribution in [1.82, 2.24) is 19.4 Å². The number of imidazole rings is 2. The fourth-order valence-corrected chi connectivity index (χ4v) is 3.50. The maximum absolute atomic E-state index is 4.99. The van der Waals surface area contributed by atoms with Crippen LogP contribution in [0.25, 0.3) is 39.7 Å². The Hall–Kier alpha value is -3.66. The molecule has 4 nitrogen and oxygen atoms in total. The molecule has 0 amide bonds. The van der Waals surface area contributed by atoms with Crippen LogP contribution in [0, 0.1) is 6.92 Å². The molecule has 0 atom stereocenters. The van der Waals surface area contributed by atoms with Crippen LogP contribution in [0.1, 0.15) is 5.69 Å². The van der Waals surface area contributed by atoms with Crippen molar-refractivity contribution in [2.45, 2.75) is 6.92 Å². The van der Waals surface area contributed by atoms with Crippen LogP contribution in [0.3, 0.4) is 0 Å². The summed E-state index contributed by atoms with van der Waals surface area (Å²) in [7, 11) is 0. The number of aryl methyl sites for hydroxylation is 1. The first-order valence-corrected chi connectivity index (χ1v) is 8.96. The van der Waals surface area contributed by atoms with Gasteiger partial charge >= 0.3 is 0 Å². The molecule has 2 aromatic carbocycles. The van der Waals surface area contributed by atoms with E-state index in [4.69, 9.17) is 4.98 Å².